The van der Waals surface area contributed by atoms with Gasteiger partial charge in [0.15, 0.2) is 0 Å². The Hall–Kier alpha value is -1.30. The lowest BCUT2D eigenvalue weighted by Crippen LogP contribution is -2.46. The van der Waals surface area contributed by atoms with E-state index in [9.17, 15) is 13.2 Å². The number of hydrogen-bond donors (Lipinski definition) is 1. The molecule has 12 heteroatoms. The molecule has 26 heavy (non-hydrogen) atoms. The number of amides is 1. The van der Waals surface area contributed by atoms with E-state index in [0.717, 1.165) is 11.3 Å². The van der Waals surface area contributed by atoms with Gasteiger partial charge >= 0.3 is 0 Å². The van der Waals surface area contributed by atoms with E-state index in [2.05, 4.69) is 15.5 Å². The number of rotatable bonds is 4. The van der Waals surface area contributed by atoms with Crippen molar-refractivity contribution in [1.82, 2.24) is 19.4 Å². The Bertz CT molecular complexity index is 926. The van der Waals surface area contributed by atoms with Crippen LogP contribution in [0.2, 0.25) is 10.0 Å². The minimum Gasteiger partial charge on any atom is -0.304 e. The van der Waals surface area contributed by atoms with Gasteiger partial charge in [0.1, 0.15) is 0 Å². The maximum atomic E-state index is 12.6. The first-order valence-electron chi connectivity index (χ1n) is 7.56. The molecule has 1 aliphatic rings. The summed E-state index contributed by atoms with van der Waals surface area (Å²) >= 11 is 12.6. The Morgan fingerprint density at radius 3 is 2.54 bits per heavy atom. The van der Waals surface area contributed by atoms with Crippen molar-refractivity contribution in [2.75, 3.05) is 38.5 Å². The zero-order valence-corrected chi connectivity index (χ0v) is 16.8. The number of hydrogen-bond acceptors (Lipinski definition) is 7. The second-order valence-corrected chi connectivity index (χ2v) is 9.59. The van der Waals surface area contributed by atoms with Crippen molar-refractivity contribution >= 4 is 55.6 Å². The van der Waals surface area contributed by atoms with Crippen molar-refractivity contribution in [3.8, 4) is 0 Å². The molecule has 0 bridgehead atoms. The number of carbonyl (C=O) groups excluding carboxylic acids is 1. The van der Waals surface area contributed by atoms with Gasteiger partial charge in [-0.2, -0.15) is 4.31 Å². The molecule has 0 radical (unpaired) electrons. The van der Waals surface area contributed by atoms with Crippen LogP contribution in [0.1, 0.15) is 10.4 Å². The number of nitrogens with zero attached hydrogens (tertiary/aromatic N) is 4. The Morgan fingerprint density at radius 2 is 1.88 bits per heavy atom. The van der Waals surface area contributed by atoms with Crippen molar-refractivity contribution in [3.63, 3.8) is 0 Å². The van der Waals surface area contributed by atoms with Crippen LogP contribution < -0.4 is 5.32 Å². The van der Waals surface area contributed by atoms with E-state index in [-0.39, 0.29) is 20.1 Å². The third kappa shape index (κ3) is 4.16. The molecule has 3 rings (SSSR count). The van der Waals surface area contributed by atoms with E-state index in [1.165, 1.54) is 22.5 Å². The van der Waals surface area contributed by atoms with Gasteiger partial charge < -0.3 is 4.90 Å². The van der Waals surface area contributed by atoms with Crippen LogP contribution in [-0.2, 0) is 10.0 Å². The lowest BCUT2D eigenvalue weighted by atomic mass is 10.2. The highest BCUT2D eigenvalue weighted by Gasteiger charge is 2.31. The Morgan fingerprint density at radius 1 is 1.19 bits per heavy atom. The summed E-state index contributed by atoms with van der Waals surface area (Å²) in [5.74, 6) is -0.522. The van der Waals surface area contributed by atoms with Gasteiger partial charge in [0, 0.05) is 31.2 Å². The molecule has 1 amide bonds. The van der Waals surface area contributed by atoms with E-state index in [0.29, 0.717) is 31.2 Å². The van der Waals surface area contributed by atoms with Gasteiger partial charge in [-0.1, -0.05) is 34.5 Å². The highest BCUT2D eigenvalue weighted by Crippen LogP contribution is 2.26. The lowest BCUT2D eigenvalue weighted by molar-refractivity contribution is 0.102. The monoisotopic (exact) mass is 435 g/mol. The quantitative estimate of drug-likeness (QED) is 0.737. The average molecular weight is 436 g/mol. The van der Waals surface area contributed by atoms with Crippen LogP contribution in [0.3, 0.4) is 0 Å². The lowest BCUT2D eigenvalue weighted by Gasteiger charge is -2.30. The summed E-state index contributed by atoms with van der Waals surface area (Å²) in [6.45, 7) is 2.08. The van der Waals surface area contributed by atoms with Crippen molar-refractivity contribution in [2.45, 2.75) is 4.34 Å². The summed E-state index contributed by atoms with van der Waals surface area (Å²) in [6, 6.07) is 4.45. The van der Waals surface area contributed by atoms with Gasteiger partial charge in [-0.3, -0.25) is 10.1 Å². The molecule has 140 valence electrons. The van der Waals surface area contributed by atoms with Crippen LogP contribution in [0.4, 0.5) is 5.13 Å². The standard InChI is InChI=1S/C14H15Cl2N5O3S2/c1-20-4-6-21(7-5-20)26(23,24)14-19-18-13(25-14)17-12(22)10-3-2-9(15)8-11(10)16/h2-3,8H,4-7H2,1H3,(H,17,18,22). The predicted octanol–water partition coefficient (Wildman–Crippen LogP) is 2.03. The molecule has 1 N–H and O–H groups in total. The number of benzene rings is 1. The Kier molecular flexibility index (Phi) is 5.80. The van der Waals surface area contributed by atoms with E-state index >= 15 is 0 Å². The number of piperazine rings is 1. The van der Waals surface area contributed by atoms with Gasteiger partial charge in [0.25, 0.3) is 15.9 Å². The van der Waals surface area contributed by atoms with Crippen LogP contribution in [0, 0.1) is 0 Å². The average Bonchev–Trinajstić information content (AvgIpc) is 3.04. The Balaban J connectivity index is 1.74. The number of nitrogens with one attached hydrogen (secondary N) is 1. The minimum atomic E-state index is -3.72. The first-order valence-corrected chi connectivity index (χ1v) is 10.6. The highest BCUT2D eigenvalue weighted by atomic mass is 35.5. The summed E-state index contributed by atoms with van der Waals surface area (Å²) in [6.07, 6.45) is 0. The zero-order valence-electron chi connectivity index (χ0n) is 13.6. The molecule has 1 aliphatic heterocycles. The number of aromatic nitrogens is 2. The maximum Gasteiger partial charge on any atom is 0.272 e. The van der Waals surface area contributed by atoms with E-state index < -0.39 is 15.9 Å². The molecule has 1 fully saturated rings. The van der Waals surface area contributed by atoms with Crippen molar-refractivity contribution in [1.29, 1.82) is 0 Å². The number of carbonyl (C=O) groups is 1. The smallest absolute Gasteiger partial charge is 0.272 e. The van der Waals surface area contributed by atoms with Crippen molar-refractivity contribution in [3.05, 3.63) is 33.8 Å². The second kappa shape index (κ2) is 7.75. The topological polar surface area (TPSA) is 95.5 Å². The largest absolute Gasteiger partial charge is 0.304 e. The van der Waals surface area contributed by atoms with Gasteiger partial charge in [-0.15, -0.1) is 10.2 Å². The molecule has 0 atom stereocenters. The third-order valence-corrected chi connectivity index (χ3v) is 7.46. The maximum absolute atomic E-state index is 12.6. The molecule has 2 heterocycles. The molecule has 1 aromatic carbocycles. The molecule has 0 spiro atoms. The summed E-state index contributed by atoms with van der Waals surface area (Å²) in [4.78, 5) is 14.3. The fraction of sp³-hybridized carbons (Fsp3) is 0.357. The highest BCUT2D eigenvalue weighted by molar-refractivity contribution is 7.91. The molecule has 0 unspecified atom stereocenters. The van der Waals surface area contributed by atoms with Gasteiger partial charge in [-0.05, 0) is 25.2 Å². The van der Waals surface area contributed by atoms with Crippen LogP contribution in [0.15, 0.2) is 22.5 Å². The summed E-state index contributed by atoms with van der Waals surface area (Å²) in [5.41, 5.74) is 0.203. The van der Waals surface area contributed by atoms with Crippen molar-refractivity contribution < 1.29 is 13.2 Å². The van der Waals surface area contributed by atoms with Gasteiger partial charge in [-0.25, -0.2) is 8.42 Å². The van der Waals surface area contributed by atoms with E-state index in [1.807, 2.05) is 11.9 Å². The minimum absolute atomic E-state index is 0.0775. The SMILES string of the molecule is CN1CCN(S(=O)(=O)c2nnc(NC(=O)c3ccc(Cl)cc3Cl)s2)CC1. The summed E-state index contributed by atoms with van der Waals surface area (Å²) in [5, 5.41) is 10.7. The van der Waals surface area contributed by atoms with Crippen LogP contribution in [0.25, 0.3) is 0 Å². The van der Waals surface area contributed by atoms with E-state index in [1.54, 1.807) is 0 Å². The zero-order chi connectivity index (χ0) is 18.9. The van der Waals surface area contributed by atoms with E-state index in [4.69, 9.17) is 23.2 Å². The molecule has 0 saturated carbocycles. The fourth-order valence-electron chi connectivity index (χ4n) is 2.34. The molecular weight excluding hydrogens is 421 g/mol. The number of likely N-dealkylation sites (N-methyl/N-ethyl adjacent to an activating group) is 1. The molecule has 1 saturated heterocycles. The summed E-state index contributed by atoms with van der Waals surface area (Å²) in [7, 11) is -1.79. The van der Waals surface area contributed by atoms with Gasteiger partial charge in [0.2, 0.25) is 9.47 Å². The Labute approximate surface area is 164 Å². The first-order chi connectivity index (χ1) is 12.3. The molecular formula is C14H15Cl2N5O3S2. The third-order valence-electron chi connectivity index (χ3n) is 3.83. The van der Waals surface area contributed by atoms with Gasteiger partial charge in [0.05, 0.1) is 10.6 Å². The molecule has 8 nitrogen and oxygen atoms in total. The second-order valence-electron chi connectivity index (χ2n) is 5.66. The molecule has 1 aromatic heterocycles. The first kappa shape index (κ1) is 19.5. The van der Waals surface area contributed by atoms with Crippen LogP contribution in [0.5, 0.6) is 0 Å². The molecule has 2 aromatic rings. The predicted molar refractivity (Wildman–Crippen MR) is 101 cm³/mol. The fourth-order valence-corrected chi connectivity index (χ4v) is 5.29. The number of sulfonamides is 1. The van der Waals surface area contributed by atoms with Crippen molar-refractivity contribution in [2.24, 2.45) is 0 Å². The number of halogens is 2. The summed E-state index contributed by atoms with van der Waals surface area (Å²) < 4.78 is 26.5. The van der Waals surface area contributed by atoms with Crippen LogP contribution in [-0.4, -0.2) is 67.0 Å². The van der Waals surface area contributed by atoms with Crippen LogP contribution >= 0.6 is 34.5 Å². The molecule has 0 aliphatic carbocycles. The number of anilines is 1. The normalized spacial score (nSPS) is 16.6.